The number of rotatable bonds is 9. The maximum atomic E-state index is 12.2. The fourth-order valence-corrected chi connectivity index (χ4v) is 6.37. The molecule has 0 atom stereocenters. The third kappa shape index (κ3) is 5.37. The highest BCUT2D eigenvalue weighted by atomic mass is 32.2. The van der Waals surface area contributed by atoms with E-state index in [4.69, 9.17) is 9.88 Å². The van der Waals surface area contributed by atoms with Crippen molar-refractivity contribution in [1.82, 2.24) is 9.55 Å². The molecule has 0 saturated carbocycles. The molecule has 35 heavy (non-hydrogen) atoms. The Morgan fingerprint density at radius 1 is 1.09 bits per heavy atom. The van der Waals surface area contributed by atoms with Crippen molar-refractivity contribution >= 4 is 27.6 Å². The molecule has 7 nitrogen and oxygen atoms in total. The van der Waals surface area contributed by atoms with Gasteiger partial charge in [0.05, 0.1) is 7.11 Å². The number of imidazole rings is 1. The van der Waals surface area contributed by atoms with E-state index in [-0.39, 0.29) is 10.1 Å². The van der Waals surface area contributed by atoms with E-state index < -0.39 is 10.0 Å². The fourth-order valence-electron chi connectivity index (χ4n) is 3.99. The minimum Gasteiger partial charge on any atom is -0.479 e. The Balaban J connectivity index is 1.71. The van der Waals surface area contributed by atoms with Crippen molar-refractivity contribution in [3.05, 3.63) is 76.8 Å². The van der Waals surface area contributed by atoms with Gasteiger partial charge in [0.2, 0.25) is 15.9 Å². The van der Waals surface area contributed by atoms with E-state index >= 15 is 0 Å². The SMILES string of the molecule is COc1nc(-c2ccccc2)n(Cc2ccc(-c3cc(CC(C)C)sc3S(N)(=O)=O)cc2)c1C=O. The molecule has 2 aromatic heterocycles. The van der Waals surface area contributed by atoms with Crippen LogP contribution in [0.15, 0.2) is 64.9 Å². The number of sulfonamides is 1. The lowest BCUT2D eigenvalue weighted by atomic mass is 10.0. The number of benzene rings is 2. The van der Waals surface area contributed by atoms with Gasteiger partial charge in [-0.05, 0) is 29.5 Å². The lowest BCUT2D eigenvalue weighted by molar-refractivity contribution is 0.111. The van der Waals surface area contributed by atoms with Crippen molar-refractivity contribution in [3.63, 3.8) is 0 Å². The van der Waals surface area contributed by atoms with E-state index in [9.17, 15) is 13.2 Å². The molecule has 0 fully saturated rings. The average molecular weight is 510 g/mol. The first-order valence-electron chi connectivity index (χ1n) is 11.1. The molecule has 0 aliphatic rings. The number of aldehydes is 1. The van der Waals surface area contributed by atoms with Crippen LogP contribution in [0.1, 0.15) is 34.8 Å². The van der Waals surface area contributed by atoms with E-state index in [1.807, 2.05) is 65.2 Å². The van der Waals surface area contributed by atoms with Crippen molar-refractivity contribution in [2.75, 3.05) is 7.11 Å². The zero-order chi connectivity index (χ0) is 25.2. The molecule has 2 aromatic carbocycles. The normalized spacial score (nSPS) is 11.7. The Bertz CT molecular complexity index is 1440. The highest BCUT2D eigenvalue weighted by Crippen LogP contribution is 2.36. The summed E-state index contributed by atoms with van der Waals surface area (Å²) in [6.07, 6.45) is 1.52. The van der Waals surface area contributed by atoms with Crippen LogP contribution in [0.25, 0.3) is 22.5 Å². The zero-order valence-corrected chi connectivity index (χ0v) is 21.4. The molecule has 0 amide bonds. The average Bonchev–Trinajstić information content (AvgIpc) is 3.41. The monoisotopic (exact) mass is 509 g/mol. The lowest BCUT2D eigenvalue weighted by Crippen LogP contribution is -2.11. The van der Waals surface area contributed by atoms with Crippen molar-refractivity contribution in [1.29, 1.82) is 0 Å². The predicted octanol–water partition coefficient (Wildman–Crippen LogP) is 4.99. The molecule has 0 radical (unpaired) electrons. The lowest BCUT2D eigenvalue weighted by Gasteiger charge is -2.11. The number of carbonyl (C=O) groups excluding carboxylic acids is 1. The van der Waals surface area contributed by atoms with Crippen LogP contribution >= 0.6 is 11.3 Å². The summed E-state index contributed by atoms with van der Waals surface area (Å²) in [5.74, 6) is 1.29. The smallest absolute Gasteiger partial charge is 0.248 e. The first kappa shape index (κ1) is 24.8. The Hall–Kier alpha value is -3.27. The van der Waals surface area contributed by atoms with Crippen LogP contribution in [0.5, 0.6) is 5.88 Å². The van der Waals surface area contributed by atoms with E-state index in [0.717, 1.165) is 34.3 Å². The Labute approximate surface area is 209 Å². The van der Waals surface area contributed by atoms with Crippen molar-refractivity contribution < 1.29 is 17.9 Å². The van der Waals surface area contributed by atoms with Gasteiger partial charge < -0.3 is 9.30 Å². The van der Waals surface area contributed by atoms with E-state index in [1.165, 1.54) is 18.4 Å². The standard InChI is InChI=1S/C26H27N3O4S2/c1-17(2)13-21-14-22(26(34-21)35(27,31)32)19-11-9-18(10-12-19)15-29-23(16-30)25(33-3)28-24(29)20-7-5-4-6-8-20/h4-12,14,16-17H,13,15H2,1-3H3,(H2,27,31,32). The van der Waals surface area contributed by atoms with Gasteiger partial charge in [0, 0.05) is 22.5 Å². The van der Waals surface area contributed by atoms with Gasteiger partial charge >= 0.3 is 0 Å². The molecule has 0 aliphatic carbocycles. The van der Waals surface area contributed by atoms with Gasteiger partial charge in [-0.2, -0.15) is 4.98 Å². The topological polar surface area (TPSA) is 104 Å². The summed E-state index contributed by atoms with van der Waals surface area (Å²) < 4.78 is 31.8. The number of nitrogens with zero attached hydrogens (tertiary/aromatic N) is 2. The second-order valence-corrected chi connectivity index (χ2v) is 11.5. The Morgan fingerprint density at radius 2 is 1.77 bits per heavy atom. The number of carbonyl (C=O) groups is 1. The molecule has 0 spiro atoms. The highest BCUT2D eigenvalue weighted by molar-refractivity contribution is 7.91. The Kier molecular flexibility index (Phi) is 7.20. The van der Waals surface area contributed by atoms with Crippen LogP contribution in [-0.2, 0) is 23.0 Å². The third-order valence-electron chi connectivity index (χ3n) is 5.53. The van der Waals surface area contributed by atoms with Crippen LogP contribution < -0.4 is 9.88 Å². The maximum Gasteiger partial charge on any atom is 0.248 e. The first-order valence-corrected chi connectivity index (χ1v) is 13.5. The molecule has 0 unspecified atom stereocenters. The fraction of sp³-hybridized carbons (Fsp3) is 0.231. The summed E-state index contributed by atoms with van der Waals surface area (Å²) in [6.45, 7) is 4.57. The number of ether oxygens (including phenoxy) is 1. The second kappa shape index (κ2) is 10.2. The van der Waals surface area contributed by atoms with Crippen LogP contribution in [0.2, 0.25) is 0 Å². The minimum absolute atomic E-state index is 0.176. The van der Waals surface area contributed by atoms with Crippen molar-refractivity contribution in [2.24, 2.45) is 11.1 Å². The van der Waals surface area contributed by atoms with E-state index in [1.54, 1.807) is 0 Å². The van der Waals surface area contributed by atoms with Gasteiger partial charge in [0.1, 0.15) is 15.7 Å². The molecule has 2 heterocycles. The first-order chi connectivity index (χ1) is 16.7. The highest BCUT2D eigenvalue weighted by Gasteiger charge is 2.21. The molecular formula is C26H27N3O4S2. The summed E-state index contributed by atoms with van der Waals surface area (Å²) in [5.41, 5.74) is 3.52. The van der Waals surface area contributed by atoms with Gasteiger partial charge in [-0.3, -0.25) is 4.79 Å². The zero-order valence-electron chi connectivity index (χ0n) is 19.8. The van der Waals surface area contributed by atoms with Gasteiger partial charge in [0.25, 0.3) is 0 Å². The van der Waals surface area contributed by atoms with Gasteiger partial charge in [0.15, 0.2) is 6.29 Å². The number of nitrogens with two attached hydrogens (primary N) is 1. The van der Waals surface area contributed by atoms with Gasteiger partial charge in [-0.25, -0.2) is 13.6 Å². The van der Waals surface area contributed by atoms with Crippen LogP contribution in [0.3, 0.4) is 0 Å². The summed E-state index contributed by atoms with van der Waals surface area (Å²) in [6, 6.07) is 19.1. The van der Waals surface area contributed by atoms with Gasteiger partial charge in [-0.15, -0.1) is 11.3 Å². The molecule has 4 aromatic rings. The molecule has 2 N–H and O–H groups in total. The molecule has 182 valence electrons. The molecule has 0 aliphatic heterocycles. The number of methoxy groups -OCH3 is 1. The molecule has 0 saturated heterocycles. The summed E-state index contributed by atoms with van der Waals surface area (Å²) >= 11 is 1.23. The summed E-state index contributed by atoms with van der Waals surface area (Å²) in [4.78, 5) is 17.4. The number of thiophene rings is 1. The molecule has 0 bridgehead atoms. The van der Waals surface area contributed by atoms with Crippen LogP contribution in [0, 0.1) is 5.92 Å². The number of primary sulfonamides is 1. The molecule has 4 rings (SSSR count). The number of hydrogen-bond acceptors (Lipinski definition) is 6. The van der Waals surface area contributed by atoms with Gasteiger partial charge in [-0.1, -0.05) is 68.4 Å². The number of aromatic nitrogens is 2. The summed E-state index contributed by atoms with van der Waals surface area (Å²) in [7, 11) is -2.36. The van der Waals surface area contributed by atoms with Crippen LogP contribution in [-0.4, -0.2) is 31.4 Å². The second-order valence-electron chi connectivity index (χ2n) is 8.65. The van der Waals surface area contributed by atoms with Crippen molar-refractivity contribution in [3.8, 4) is 28.4 Å². The van der Waals surface area contributed by atoms with E-state index in [2.05, 4.69) is 18.8 Å². The number of hydrogen-bond donors (Lipinski definition) is 1. The minimum atomic E-state index is -3.85. The van der Waals surface area contributed by atoms with Crippen LogP contribution in [0.4, 0.5) is 0 Å². The molecular weight excluding hydrogens is 482 g/mol. The maximum absolute atomic E-state index is 12.2. The van der Waals surface area contributed by atoms with Crippen molar-refractivity contribution in [2.45, 2.75) is 31.0 Å². The molecule has 9 heteroatoms. The Morgan fingerprint density at radius 3 is 2.34 bits per heavy atom. The largest absolute Gasteiger partial charge is 0.479 e. The quantitative estimate of drug-likeness (QED) is 0.320. The third-order valence-corrected chi connectivity index (χ3v) is 8.17. The van der Waals surface area contributed by atoms with E-state index in [0.29, 0.717) is 29.5 Å². The predicted molar refractivity (Wildman–Crippen MR) is 138 cm³/mol. The summed E-state index contributed by atoms with van der Waals surface area (Å²) in [5, 5.41) is 5.52.